The Morgan fingerprint density at radius 3 is 2.37 bits per heavy atom. The van der Waals surface area contributed by atoms with E-state index in [0.717, 1.165) is 44.2 Å². The first-order chi connectivity index (χ1) is 14.6. The van der Waals surface area contributed by atoms with Crippen LogP contribution in [0, 0.1) is 0 Å². The lowest BCUT2D eigenvalue weighted by molar-refractivity contribution is -0.141. The summed E-state index contributed by atoms with van der Waals surface area (Å²) in [6.45, 7) is 0. The summed E-state index contributed by atoms with van der Waals surface area (Å²) in [6, 6.07) is 23.5. The van der Waals surface area contributed by atoms with Gasteiger partial charge in [0.05, 0.1) is 14.2 Å². The molecular weight excluding hydrogens is 376 g/mol. The number of hydrogen-bond acceptors (Lipinski definition) is 4. The molecule has 0 saturated heterocycles. The Labute approximate surface area is 174 Å². The third kappa shape index (κ3) is 2.65. The van der Waals surface area contributed by atoms with Crippen molar-refractivity contribution in [3.8, 4) is 33.8 Å². The molecule has 0 bridgehead atoms. The van der Waals surface area contributed by atoms with Gasteiger partial charge in [-0.3, -0.25) is 4.79 Å². The summed E-state index contributed by atoms with van der Waals surface area (Å²) >= 11 is 0. The molecule has 5 rings (SSSR count). The van der Waals surface area contributed by atoms with Gasteiger partial charge in [0, 0.05) is 5.39 Å². The fourth-order valence-electron chi connectivity index (χ4n) is 4.44. The second-order valence-corrected chi connectivity index (χ2v) is 7.40. The van der Waals surface area contributed by atoms with E-state index in [1.165, 1.54) is 7.11 Å². The Hall–Kier alpha value is -3.79. The molecule has 1 aliphatic rings. The van der Waals surface area contributed by atoms with Crippen LogP contribution in [0.25, 0.3) is 33.0 Å². The van der Waals surface area contributed by atoms with Crippen molar-refractivity contribution in [2.24, 2.45) is 0 Å². The molecular formula is C26H20O4. The van der Waals surface area contributed by atoms with Gasteiger partial charge in [0.25, 0.3) is 0 Å². The van der Waals surface area contributed by atoms with Crippen LogP contribution in [0.3, 0.4) is 0 Å². The molecule has 1 atom stereocenters. The van der Waals surface area contributed by atoms with Gasteiger partial charge >= 0.3 is 5.97 Å². The average molecular weight is 396 g/mol. The zero-order valence-electron chi connectivity index (χ0n) is 16.7. The number of esters is 1. The molecule has 4 heteroatoms. The Balaban J connectivity index is 1.82. The highest BCUT2D eigenvalue weighted by atomic mass is 16.5. The molecule has 0 aliphatic heterocycles. The number of ether oxygens (including phenoxy) is 2. The van der Waals surface area contributed by atoms with Gasteiger partial charge in [-0.2, -0.15) is 0 Å². The van der Waals surface area contributed by atoms with Gasteiger partial charge in [-0.25, -0.2) is 0 Å². The van der Waals surface area contributed by atoms with Crippen LogP contribution in [0.2, 0.25) is 0 Å². The lowest BCUT2D eigenvalue weighted by atomic mass is 9.93. The quantitative estimate of drug-likeness (QED) is 0.464. The molecule has 4 aromatic carbocycles. The number of phenolic OH excluding ortho intramolecular Hbond substituents is 1. The van der Waals surface area contributed by atoms with E-state index in [1.54, 1.807) is 13.2 Å². The number of methoxy groups -OCH3 is 2. The third-order valence-corrected chi connectivity index (χ3v) is 5.84. The number of hydrogen-bond donors (Lipinski definition) is 1. The van der Waals surface area contributed by atoms with Gasteiger partial charge in [-0.05, 0) is 69.1 Å². The third-order valence-electron chi connectivity index (χ3n) is 5.84. The van der Waals surface area contributed by atoms with E-state index in [0.29, 0.717) is 5.75 Å². The molecule has 0 spiro atoms. The zero-order chi connectivity index (χ0) is 20.8. The van der Waals surface area contributed by atoms with Crippen LogP contribution in [0.4, 0.5) is 0 Å². The molecule has 4 aromatic rings. The number of carbonyl (C=O) groups excluding carboxylic acids is 1. The molecule has 1 unspecified atom stereocenters. The van der Waals surface area contributed by atoms with Crippen LogP contribution < -0.4 is 4.74 Å². The Morgan fingerprint density at radius 2 is 1.63 bits per heavy atom. The minimum Gasteiger partial charge on any atom is -0.507 e. The van der Waals surface area contributed by atoms with Crippen LogP contribution in [0.15, 0.2) is 72.8 Å². The van der Waals surface area contributed by atoms with Crippen molar-refractivity contribution in [1.82, 2.24) is 0 Å². The van der Waals surface area contributed by atoms with Crippen molar-refractivity contribution >= 4 is 16.7 Å². The van der Waals surface area contributed by atoms with Crippen LogP contribution in [-0.2, 0) is 9.53 Å². The number of aromatic hydroxyl groups is 1. The second-order valence-electron chi connectivity index (χ2n) is 7.40. The largest absolute Gasteiger partial charge is 0.507 e. The SMILES string of the molecule is COC(=O)C1c2cc(-c3ccccc3)ccc2-c2c1cc(O)c1ccc(OC)cc21. The summed E-state index contributed by atoms with van der Waals surface area (Å²) < 4.78 is 10.6. The van der Waals surface area contributed by atoms with Crippen LogP contribution >= 0.6 is 0 Å². The van der Waals surface area contributed by atoms with E-state index in [-0.39, 0.29) is 11.7 Å². The summed E-state index contributed by atoms with van der Waals surface area (Å²) in [5, 5.41) is 12.3. The highest BCUT2D eigenvalue weighted by molar-refractivity contribution is 6.08. The van der Waals surface area contributed by atoms with E-state index in [9.17, 15) is 9.90 Å². The second kappa shape index (κ2) is 6.92. The monoisotopic (exact) mass is 396 g/mol. The van der Waals surface area contributed by atoms with Gasteiger partial charge in [0.2, 0.25) is 0 Å². The van der Waals surface area contributed by atoms with Crippen LogP contribution in [0.1, 0.15) is 17.0 Å². The summed E-state index contributed by atoms with van der Waals surface area (Å²) in [6.07, 6.45) is 0. The molecule has 0 aromatic heterocycles. The molecule has 30 heavy (non-hydrogen) atoms. The molecule has 1 aliphatic carbocycles. The van der Waals surface area contributed by atoms with Crippen molar-refractivity contribution < 1.29 is 19.4 Å². The normalized spacial score (nSPS) is 14.3. The first-order valence-electron chi connectivity index (χ1n) is 9.73. The molecule has 0 saturated carbocycles. The Kier molecular flexibility index (Phi) is 4.21. The van der Waals surface area contributed by atoms with E-state index in [4.69, 9.17) is 9.47 Å². The molecule has 4 nitrogen and oxygen atoms in total. The first-order valence-corrected chi connectivity index (χ1v) is 9.73. The van der Waals surface area contributed by atoms with E-state index in [2.05, 4.69) is 18.2 Å². The number of carbonyl (C=O) groups is 1. The fraction of sp³-hybridized carbons (Fsp3) is 0.115. The Bertz CT molecular complexity index is 1290. The maximum Gasteiger partial charge on any atom is 0.317 e. The number of rotatable bonds is 3. The number of benzene rings is 4. The average Bonchev–Trinajstić information content (AvgIpc) is 3.12. The standard InChI is InChI=1S/C26H20O4/c1-29-17-9-11-18-21(13-17)24-19-10-8-16(15-6-4-3-5-7-15)12-20(19)25(26(28)30-2)22(24)14-23(18)27/h3-14,25,27H,1-2H3. The van der Waals surface area contributed by atoms with Crippen LogP contribution in [-0.4, -0.2) is 25.3 Å². The van der Waals surface area contributed by atoms with Crippen molar-refractivity contribution in [1.29, 1.82) is 0 Å². The molecule has 0 fully saturated rings. The van der Waals surface area contributed by atoms with Gasteiger partial charge in [-0.1, -0.05) is 42.5 Å². The topological polar surface area (TPSA) is 55.8 Å². The predicted molar refractivity (Wildman–Crippen MR) is 117 cm³/mol. The molecule has 148 valence electrons. The van der Waals surface area contributed by atoms with Gasteiger partial charge in [0.1, 0.15) is 17.4 Å². The lowest BCUT2D eigenvalue weighted by Crippen LogP contribution is -2.13. The fourth-order valence-corrected chi connectivity index (χ4v) is 4.44. The van der Waals surface area contributed by atoms with Gasteiger partial charge < -0.3 is 14.6 Å². The van der Waals surface area contributed by atoms with E-state index in [1.807, 2.05) is 48.5 Å². The van der Waals surface area contributed by atoms with E-state index < -0.39 is 5.92 Å². The summed E-state index contributed by atoms with van der Waals surface area (Å²) in [4.78, 5) is 12.8. The maximum atomic E-state index is 12.8. The molecule has 0 radical (unpaired) electrons. The number of fused-ring (bicyclic) bond motifs is 5. The summed E-state index contributed by atoms with van der Waals surface area (Å²) in [5.41, 5.74) is 5.65. The summed E-state index contributed by atoms with van der Waals surface area (Å²) in [7, 11) is 3.01. The summed E-state index contributed by atoms with van der Waals surface area (Å²) in [5.74, 6) is -0.109. The molecule has 1 N–H and O–H groups in total. The zero-order valence-corrected chi connectivity index (χ0v) is 16.7. The highest BCUT2D eigenvalue weighted by Crippen LogP contribution is 2.51. The number of phenols is 1. The van der Waals surface area contributed by atoms with Crippen molar-refractivity contribution in [3.63, 3.8) is 0 Å². The minimum absolute atomic E-state index is 0.136. The lowest BCUT2D eigenvalue weighted by Gasteiger charge is -2.13. The van der Waals surface area contributed by atoms with Crippen molar-refractivity contribution in [2.45, 2.75) is 5.92 Å². The molecule has 0 amide bonds. The maximum absolute atomic E-state index is 12.8. The molecule has 0 heterocycles. The minimum atomic E-state index is -0.592. The van der Waals surface area contributed by atoms with Gasteiger partial charge in [0.15, 0.2) is 0 Å². The Morgan fingerprint density at radius 1 is 0.833 bits per heavy atom. The van der Waals surface area contributed by atoms with Crippen molar-refractivity contribution in [3.05, 3.63) is 83.9 Å². The van der Waals surface area contributed by atoms with Crippen molar-refractivity contribution in [2.75, 3.05) is 14.2 Å². The van der Waals surface area contributed by atoms with Gasteiger partial charge in [-0.15, -0.1) is 0 Å². The first kappa shape index (κ1) is 18.3. The van der Waals surface area contributed by atoms with E-state index >= 15 is 0 Å². The predicted octanol–water partition coefficient (Wildman–Crippen LogP) is 5.51. The van der Waals surface area contributed by atoms with Crippen LogP contribution in [0.5, 0.6) is 11.5 Å². The highest BCUT2D eigenvalue weighted by Gasteiger charge is 2.37. The smallest absolute Gasteiger partial charge is 0.317 e.